The van der Waals surface area contributed by atoms with Crippen LogP contribution in [-0.2, 0) is 9.47 Å². The number of esters is 1. The maximum Gasteiger partial charge on any atom is 0.354 e. The fraction of sp³-hybridized carbons (Fsp3) is 0.458. The summed E-state index contributed by atoms with van der Waals surface area (Å²) in [5.74, 6) is -0.963. The van der Waals surface area contributed by atoms with Gasteiger partial charge in [-0.1, -0.05) is 17.7 Å². The summed E-state index contributed by atoms with van der Waals surface area (Å²) in [6.45, 7) is 8.14. The Labute approximate surface area is 182 Å². The van der Waals surface area contributed by atoms with E-state index in [9.17, 15) is 14.4 Å². The fourth-order valence-corrected chi connectivity index (χ4v) is 4.06. The van der Waals surface area contributed by atoms with Crippen molar-refractivity contribution in [3.05, 3.63) is 57.9 Å². The maximum atomic E-state index is 13.5. The van der Waals surface area contributed by atoms with E-state index in [1.54, 1.807) is 37.8 Å². The molecule has 31 heavy (non-hydrogen) atoms. The zero-order valence-corrected chi connectivity index (χ0v) is 18.8. The molecule has 1 saturated heterocycles. The van der Waals surface area contributed by atoms with E-state index in [1.807, 2.05) is 19.1 Å². The Morgan fingerprint density at radius 3 is 2.45 bits per heavy atom. The van der Waals surface area contributed by atoms with Crippen molar-refractivity contribution in [3.63, 3.8) is 0 Å². The molecule has 2 unspecified atom stereocenters. The zero-order valence-electron chi connectivity index (χ0n) is 18.8. The number of aromatic nitrogens is 1. The maximum absolute atomic E-state index is 13.5. The van der Waals surface area contributed by atoms with E-state index in [2.05, 4.69) is 4.98 Å². The number of aryl methyl sites for hydroxylation is 2. The number of carbonyl (C=O) groups is 3. The van der Waals surface area contributed by atoms with Gasteiger partial charge in [0.15, 0.2) is 5.78 Å². The molecule has 0 spiro atoms. The van der Waals surface area contributed by atoms with Crippen LogP contribution in [0.3, 0.4) is 0 Å². The van der Waals surface area contributed by atoms with Gasteiger partial charge in [0.1, 0.15) is 5.69 Å². The minimum atomic E-state index is -0.725. The molecule has 7 nitrogen and oxygen atoms in total. The van der Waals surface area contributed by atoms with Crippen molar-refractivity contribution in [1.82, 2.24) is 9.88 Å². The summed E-state index contributed by atoms with van der Waals surface area (Å²) in [4.78, 5) is 43.5. The van der Waals surface area contributed by atoms with Crippen LogP contribution in [-0.4, -0.2) is 60.0 Å². The molecule has 1 aliphatic heterocycles. The van der Waals surface area contributed by atoms with Gasteiger partial charge >= 0.3 is 5.97 Å². The first-order valence-electron chi connectivity index (χ1n) is 10.6. The number of hydrogen-bond acceptors (Lipinski definition) is 5. The Kier molecular flexibility index (Phi) is 6.95. The van der Waals surface area contributed by atoms with E-state index in [4.69, 9.17) is 9.47 Å². The van der Waals surface area contributed by atoms with Crippen molar-refractivity contribution in [1.29, 1.82) is 0 Å². The van der Waals surface area contributed by atoms with Crippen molar-refractivity contribution in [2.45, 2.75) is 52.7 Å². The number of amides is 1. The number of aromatic amines is 1. The number of hydrogen-bond donors (Lipinski definition) is 1. The van der Waals surface area contributed by atoms with Crippen molar-refractivity contribution in [2.24, 2.45) is 0 Å². The van der Waals surface area contributed by atoms with Gasteiger partial charge in [-0.25, -0.2) is 4.79 Å². The summed E-state index contributed by atoms with van der Waals surface area (Å²) in [5.41, 5.74) is 3.37. The summed E-state index contributed by atoms with van der Waals surface area (Å²) in [6.07, 6.45) is 1.70. The van der Waals surface area contributed by atoms with Crippen LogP contribution in [0.5, 0.6) is 0 Å². The molecule has 1 aromatic heterocycles. The first-order valence-corrected chi connectivity index (χ1v) is 10.6. The molecule has 0 aliphatic carbocycles. The highest BCUT2D eigenvalue weighted by molar-refractivity contribution is 6.07. The molecule has 7 heteroatoms. The van der Waals surface area contributed by atoms with Crippen LogP contribution >= 0.6 is 0 Å². The highest BCUT2D eigenvalue weighted by Crippen LogP contribution is 2.24. The number of methoxy groups -OCH3 is 1. The largest absolute Gasteiger partial charge is 0.464 e. The second-order valence-corrected chi connectivity index (χ2v) is 8.12. The van der Waals surface area contributed by atoms with Crippen molar-refractivity contribution in [3.8, 4) is 0 Å². The van der Waals surface area contributed by atoms with Gasteiger partial charge in [-0.15, -0.1) is 0 Å². The molecule has 1 amide bonds. The molecule has 2 atom stereocenters. The van der Waals surface area contributed by atoms with E-state index in [-0.39, 0.29) is 23.5 Å². The van der Waals surface area contributed by atoms with Crippen LogP contribution in [0.15, 0.2) is 24.3 Å². The van der Waals surface area contributed by atoms with Crippen LogP contribution in [0.2, 0.25) is 0 Å². The third-order valence-corrected chi connectivity index (χ3v) is 5.90. The second kappa shape index (κ2) is 9.47. The van der Waals surface area contributed by atoms with Gasteiger partial charge in [0.25, 0.3) is 5.91 Å². The summed E-state index contributed by atoms with van der Waals surface area (Å²) in [6, 6.07) is 6.59. The molecule has 1 fully saturated rings. The third kappa shape index (κ3) is 4.71. The number of ketones is 1. The predicted octanol–water partition coefficient (Wildman–Crippen LogP) is 3.62. The van der Waals surface area contributed by atoms with Crippen LogP contribution in [0.1, 0.15) is 67.8 Å². The Morgan fingerprint density at radius 2 is 1.87 bits per heavy atom. The Hall–Kier alpha value is -2.93. The number of benzene rings is 1. The lowest BCUT2D eigenvalue weighted by Gasteiger charge is -2.31. The molecule has 2 aromatic rings. The topological polar surface area (TPSA) is 88.7 Å². The number of Topliss-reactive ketones (excluding diaryl/α,β-unsaturated/α-hetero) is 1. The Bertz CT molecular complexity index is 971. The van der Waals surface area contributed by atoms with Crippen LogP contribution in [0, 0.1) is 20.8 Å². The number of carbonyl (C=O) groups excluding carboxylic acids is 3. The lowest BCUT2D eigenvalue weighted by molar-refractivity contribution is 0.0410. The summed E-state index contributed by atoms with van der Waals surface area (Å²) in [7, 11) is 1.30. The highest BCUT2D eigenvalue weighted by atomic mass is 16.5. The molecule has 2 heterocycles. The number of rotatable bonds is 7. The van der Waals surface area contributed by atoms with Gasteiger partial charge in [-0.05, 0) is 58.2 Å². The molecular weight excluding hydrogens is 396 g/mol. The summed E-state index contributed by atoms with van der Waals surface area (Å²) >= 11 is 0. The second-order valence-electron chi connectivity index (χ2n) is 8.12. The normalized spacial score (nSPS) is 16.7. The number of H-pyrrole nitrogens is 1. The molecule has 166 valence electrons. The summed E-state index contributed by atoms with van der Waals surface area (Å²) in [5, 5.41) is 0. The molecule has 1 N–H and O–H groups in total. The fourth-order valence-electron chi connectivity index (χ4n) is 4.06. The predicted molar refractivity (Wildman–Crippen MR) is 117 cm³/mol. The highest BCUT2D eigenvalue weighted by Gasteiger charge is 2.33. The number of nitrogens with zero attached hydrogens (tertiary/aromatic N) is 1. The lowest BCUT2D eigenvalue weighted by atomic mass is 9.98. The van der Waals surface area contributed by atoms with Gasteiger partial charge in [-0.2, -0.15) is 0 Å². The molecule has 0 saturated carbocycles. The van der Waals surface area contributed by atoms with Crippen molar-refractivity contribution >= 4 is 17.7 Å². The van der Waals surface area contributed by atoms with E-state index >= 15 is 0 Å². The average molecular weight is 427 g/mol. The van der Waals surface area contributed by atoms with Crippen molar-refractivity contribution < 1.29 is 23.9 Å². The Balaban J connectivity index is 1.93. The van der Waals surface area contributed by atoms with Gasteiger partial charge in [-0.3, -0.25) is 9.59 Å². The average Bonchev–Trinajstić information content (AvgIpc) is 3.38. The van der Waals surface area contributed by atoms with Crippen molar-refractivity contribution in [2.75, 3.05) is 20.3 Å². The van der Waals surface area contributed by atoms with Crippen LogP contribution in [0.25, 0.3) is 0 Å². The van der Waals surface area contributed by atoms with Gasteiger partial charge < -0.3 is 19.4 Å². The molecule has 3 rings (SSSR count). The van der Waals surface area contributed by atoms with E-state index < -0.39 is 12.0 Å². The van der Waals surface area contributed by atoms with E-state index in [0.717, 1.165) is 18.4 Å². The van der Waals surface area contributed by atoms with E-state index in [0.29, 0.717) is 35.5 Å². The molecule has 0 radical (unpaired) electrons. The minimum Gasteiger partial charge on any atom is -0.464 e. The van der Waals surface area contributed by atoms with E-state index in [1.165, 1.54) is 7.11 Å². The molecule has 0 bridgehead atoms. The quantitative estimate of drug-likeness (QED) is 0.540. The standard InChI is InChI=1S/C24H30N2O5/c1-14-8-10-18(11-9-14)23(28)26(13-19-7-6-12-31-19)17(4)22(27)20-15(2)21(24(29)30-5)25-16(20)3/h8-11,17,19,25H,6-7,12-13H2,1-5H3. The van der Waals surface area contributed by atoms with Gasteiger partial charge in [0, 0.05) is 30.0 Å². The molecule has 1 aliphatic rings. The number of ether oxygens (including phenoxy) is 2. The van der Waals surface area contributed by atoms with Crippen LogP contribution in [0.4, 0.5) is 0 Å². The lowest BCUT2D eigenvalue weighted by Crippen LogP contribution is -2.47. The molecular formula is C24H30N2O5. The minimum absolute atomic E-state index is 0.0938. The molecule has 1 aromatic carbocycles. The summed E-state index contributed by atoms with van der Waals surface area (Å²) < 4.78 is 10.6. The monoisotopic (exact) mass is 426 g/mol. The zero-order chi connectivity index (χ0) is 22.7. The number of nitrogens with one attached hydrogen (secondary N) is 1. The van der Waals surface area contributed by atoms with Gasteiger partial charge in [0.05, 0.1) is 19.3 Å². The van der Waals surface area contributed by atoms with Crippen LogP contribution < -0.4 is 0 Å². The SMILES string of the molecule is COC(=O)c1[nH]c(C)c(C(=O)C(C)N(CC2CCCO2)C(=O)c2ccc(C)cc2)c1C. The Morgan fingerprint density at radius 1 is 1.19 bits per heavy atom. The third-order valence-electron chi connectivity index (χ3n) is 5.90. The van der Waals surface area contributed by atoms with Gasteiger partial charge in [0.2, 0.25) is 0 Å². The smallest absolute Gasteiger partial charge is 0.354 e. The first kappa shape index (κ1) is 22.7. The first-order chi connectivity index (χ1) is 14.7.